The molecule has 1 heterocycles. The van der Waals surface area contributed by atoms with E-state index in [1.807, 2.05) is 27.7 Å². The summed E-state index contributed by atoms with van der Waals surface area (Å²) in [5, 5.41) is 21.3. The molecule has 25 heavy (non-hydrogen) atoms. The highest BCUT2D eigenvalue weighted by molar-refractivity contribution is 6.43. The Labute approximate surface area is 157 Å². The monoisotopic (exact) mass is 377 g/mol. The van der Waals surface area contributed by atoms with Crippen LogP contribution in [0.15, 0.2) is 0 Å². The van der Waals surface area contributed by atoms with Gasteiger partial charge in [-0.15, -0.1) is 12.4 Å². The molecule has 7 nitrogen and oxygen atoms in total. The van der Waals surface area contributed by atoms with Crippen molar-refractivity contribution < 1.29 is 19.6 Å². The van der Waals surface area contributed by atoms with Gasteiger partial charge in [-0.3, -0.25) is 9.59 Å². The van der Waals surface area contributed by atoms with Crippen molar-refractivity contribution in [2.75, 3.05) is 6.54 Å². The lowest BCUT2D eigenvalue weighted by Crippen LogP contribution is -2.58. The second-order valence-corrected chi connectivity index (χ2v) is 7.53. The summed E-state index contributed by atoms with van der Waals surface area (Å²) in [6.07, 6.45) is 1.41. The quantitative estimate of drug-likeness (QED) is 0.454. The summed E-state index contributed by atoms with van der Waals surface area (Å²) in [4.78, 5) is 27.1. The third-order valence-corrected chi connectivity index (χ3v) is 4.96. The predicted octanol–water partition coefficient (Wildman–Crippen LogP) is 0.316. The fourth-order valence-electron chi connectivity index (χ4n) is 3.10. The van der Waals surface area contributed by atoms with E-state index in [4.69, 9.17) is 5.73 Å². The number of hydrogen-bond donors (Lipinski definition) is 4. The van der Waals surface area contributed by atoms with Crippen LogP contribution in [0.4, 0.5) is 0 Å². The standard InChI is InChI=1S/C16H32BN3O4.ClH/c1-6-13(17(23)24)19-14(21)12(9-10(2)3)20-8-7-16(18,11(4)5)15(20)22;/h10-13,23-24H,6-9,18H2,1-5H3,(H,19,21);1H/t12-,13-,16?;/m0./s1. The van der Waals surface area contributed by atoms with Crippen molar-refractivity contribution >= 4 is 31.3 Å². The third kappa shape index (κ3) is 5.57. The van der Waals surface area contributed by atoms with Gasteiger partial charge in [0.05, 0.1) is 11.5 Å². The van der Waals surface area contributed by atoms with E-state index >= 15 is 0 Å². The summed E-state index contributed by atoms with van der Waals surface area (Å²) < 4.78 is 0. The van der Waals surface area contributed by atoms with Crippen molar-refractivity contribution in [3.8, 4) is 0 Å². The van der Waals surface area contributed by atoms with Crippen molar-refractivity contribution in [2.45, 2.75) is 71.4 Å². The van der Waals surface area contributed by atoms with E-state index in [1.54, 1.807) is 11.8 Å². The number of nitrogens with two attached hydrogens (primary N) is 1. The Hall–Kier alpha value is -0.825. The van der Waals surface area contributed by atoms with Gasteiger partial charge in [-0.05, 0) is 31.1 Å². The molecule has 0 saturated carbocycles. The van der Waals surface area contributed by atoms with Crippen molar-refractivity contribution in [3.05, 3.63) is 0 Å². The third-order valence-electron chi connectivity index (χ3n) is 4.96. The Morgan fingerprint density at radius 2 is 1.92 bits per heavy atom. The number of carbonyl (C=O) groups excluding carboxylic acids is 2. The van der Waals surface area contributed by atoms with E-state index in [0.29, 0.717) is 25.8 Å². The number of nitrogens with zero attached hydrogens (tertiary/aromatic N) is 1. The molecule has 1 aliphatic heterocycles. The van der Waals surface area contributed by atoms with Gasteiger partial charge < -0.3 is 26.0 Å². The minimum atomic E-state index is -1.63. The molecule has 1 fully saturated rings. The molecule has 1 rings (SSSR count). The average Bonchev–Trinajstić information content (AvgIpc) is 2.79. The molecule has 1 aliphatic rings. The van der Waals surface area contributed by atoms with Crippen molar-refractivity contribution in [1.29, 1.82) is 0 Å². The molecule has 0 bridgehead atoms. The fraction of sp³-hybridized carbons (Fsp3) is 0.875. The Bertz CT molecular complexity index is 465. The van der Waals surface area contributed by atoms with Crippen LogP contribution in [0.1, 0.15) is 53.9 Å². The molecule has 146 valence electrons. The first-order valence-corrected chi connectivity index (χ1v) is 8.81. The van der Waals surface area contributed by atoms with Crippen LogP contribution in [0.5, 0.6) is 0 Å². The van der Waals surface area contributed by atoms with Crippen LogP contribution in [0.2, 0.25) is 0 Å². The number of likely N-dealkylation sites (tertiary alicyclic amines) is 1. The first kappa shape index (κ1) is 24.2. The summed E-state index contributed by atoms with van der Waals surface area (Å²) >= 11 is 0. The summed E-state index contributed by atoms with van der Waals surface area (Å²) in [6.45, 7) is 9.99. The first-order chi connectivity index (χ1) is 11.0. The number of carbonyl (C=O) groups is 2. The molecule has 0 radical (unpaired) electrons. The molecule has 0 aromatic carbocycles. The van der Waals surface area contributed by atoms with E-state index in [0.717, 1.165) is 0 Å². The van der Waals surface area contributed by atoms with Crippen molar-refractivity contribution in [3.63, 3.8) is 0 Å². The number of nitrogens with one attached hydrogen (secondary N) is 1. The molecule has 1 unspecified atom stereocenters. The lowest BCUT2D eigenvalue weighted by atomic mass is 9.77. The highest BCUT2D eigenvalue weighted by atomic mass is 35.5. The van der Waals surface area contributed by atoms with Crippen LogP contribution in [-0.4, -0.2) is 57.9 Å². The Morgan fingerprint density at radius 1 is 1.36 bits per heavy atom. The zero-order chi connectivity index (χ0) is 18.7. The number of hydrogen-bond acceptors (Lipinski definition) is 5. The van der Waals surface area contributed by atoms with Gasteiger partial charge in [0.1, 0.15) is 6.04 Å². The van der Waals surface area contributed by atoms with Crippen molar-refractivity contribution in [2.24, 2.45) is 17.6 Å². The maximum absolute atomic E-state index is 12.8. The molecule has 0 aromatic rings. The maximum Gasteiger partial charge on any atom is 0.475 e. The molecule has 3 atom stereocenters. The highest BCUT2D eigenvalue weighted by Crippen LogP contribution is 2.30. The summed E-state index contributed by atoms with van der Waals surface area (Å²) in [6, 6.07) is -0.644. The van der Waals surface area contributed by atoms with E-state index < -0.39 is 24.6 Å². The molecular weight excluding hydrogens is 344 g/mol. The fourth-order valence-corrected chi connectivity index (χ4v) is 3.10. The predicted molar refractivity (Wildman–Crippen MR) is 101 cm³/mol. The Morgan fingerprint density at radius 3 is 2.28 bits per heavy atom. The summed E-state index contributed by atoms with van der Waals surface area (Å²) in [7, 11) is -1.63. The Balaban J connectivity index is 0.00000576. The van der Waals surface area contributed by atoms with Crippen LogP contribution in [0, 0.1) is 11.8 Å². The average molecular weight is 378 g/mol. The number of halogens is 1. The second kappa shape index (κ2) is 9.76. The van der Waals surface area contributed by atoms with Crippen LogP contribution >= 0.6 is 12.4 Å². The SMILES string of the molecule is CC[C@H](NC(=O)[C@H](CC(C)C)N1CCC(N)(C(C)C)C1=O)B(O)O.Cl. The van der Waals surface area contributed by atoms with Gasteiger partial charge in [0.15, 0.2) is 0 Å². The minimum absolute atomic E-state index is 0. The molecule has 2 amide bonds. The lowest BCUT2D eigenvalue weighted by molar-refractivity contribution is -0.141. The van der Waals surface area contributed by atoms with Crippen LogP contribution in [0.25, 0.3) is 0 Å². The molecule has 0 spiro atoms. The van der Waals surface area contributed by atoms with E-state index in [1.165, 1.54) is 0 Å². The van der Waals surface area contributed by atoms with Gasteiger partial charge >= 0.3 is 7.12 Å². The van der Waals surface area contributed by atoms with E-state index in [9.17, 15) is 19.6 Å². The smallest absolute Gasteiger partial charge is 0.426 e. The Kier molecular flexibility index (Phi) is 9.44. The molecule has 0 aromatic heterocycles. The summed E-state index contributed by atoms with van der Waals surface area (Å²) in [5.74, 6) is -1.11. The lowest BCUT2D eigenvalue weighted by Gasteiger charge is -2.32. The number of rotatable bonds is 8. The first-order valence-electron chi connectivity index (χ1n) is 8.81. The molecular formula is C16H33BClN3O4. The van der Waals surface area contributed by atoms with Gasteiger partial charge in [0.2, 0.25) is 11.8 Å². The van der Waals surface area contributed by atoms with Gasteiger partial charge in [0, 0.05) is 6.54 Å². The molecule has 5 N–H and O–H groups in total. The van der Waals surface area contributed by atoms with E-state index in [-0.39, 0.29) is 36.1 Å². The van der Waals surface area contributed by atoms with Crippen LogP contribution < -0.4 is 11.1 Å². The van der Waals surface area contributed by atoms with E-state index in [2.05, 4.69) is 5.32 Å². The maximum atomic E-state index is 12.8. The van der Waals surface area contributed by atoms with Crippen LogP contribution in [0.3, 0.4) is 0 Å². The van der Waals surface area contributed by atoms with Gasteiger partial charge in [-0.1, -0.05) is 34.6 Å². The zero-order valence-electron chi connectivity index (χ0n) is 15.9. The van der Waals surface area contributed by atoms with Crippen molar-refractivity contribution in [1.82, 2.24) is 10.2 Å². The minimum Gasteiger partial charge on any atom is -0.426 e. The highest BCUT2D eigenvalue weighted by Gasteiger charge is 2.49. The zero-order valence-corrected chi connectivity index (χ0v) is 16.7. The molecule has 9 heteroatoms. The molecule has 0 aliphatic carbocycles. The normalized spacial score (nSPS) is 22.8. The summed E-state index contributed by atoms with van der Waals surface area (Å²) in [5.41, 5.74) is 5.34. The molecule has 1 saturated heterocycles. The number of amides is 2. The van der Waals surface area contributed by atoms with Gasteiger partial charge in [0.25, 0.3) is 0 Å². The topological polar surface area (TPSA) is 116 Å². The van der Waals surface area contributed by atoms with Gasteiger partial charge in [-0.25, -0.2) is 0 Å². The van der Waals surface area contributed by atoms with Crippen LogP contribution in [-0.2, 0) is 9.59 Å². The largest absolute Gasteiger partial charge is 0.475 e. The van der Waals surface area contributed by atoms with Gasteiger partial charge in [-0.2, -0.15) is 0 Å². The second-order valence-electron chi connectivity index (χ2n) is 7.53.